The van der Waals surface area contributed by atoms with Gasteiger partial charge in [-0.25, -0.2) is 0 Å². The molecule has 5 nitrogen and oxygen atoms in total. The Hall–Kier alpha value is -2.53. The first-order valence-corrected chi connectivity index (χ1v) is 8.14. The number of nitrogens with zero attached hydrogens (tertiary/aromatic N) is 1. The number of rotatable bonds is 6. The smallest absolute Gasteiger partial charge is 0.240 e. The van der Waals surface area contributed by atoms with Gasteiger partial charge < -0.3 is 20.1 Å². The monoisotopic (exact) mass is 326 g/mol. The zero-order valence-corrected chi connectivity index (χ0v) is 13.8. The predicted molar refractivity (Wildman–Crippen MR) is 91.8 cm³/mol. The van der Waals surface area contributed by atoms with E-state index in [-0.39, 0.29) is 12.7 Å². The van der Waals surface area contributed by atoms with Gasteiger partial charge in [-0.3, -0.25) is 4.79 Å². The van der Waals surface area contributed by atoms with Crippen LogP contribution >= 0.6 is 0 Å². The zero-order valence-electron chi connectivity index (χ0n) is 13.8. The van der Waals surface area contributed by atoms with Gasteiger partial charge >= 0.3 is 0 Å². The van der Waals surface area contributed by atoms with Crippen LogP contribution < -0.4 is 15.2 Å². The molecule has 2 aromatic rings. The number of likely N-dealkylation sites (N-methyl/N-ethyl adjacent to an activating group) is 1. The lowest BCUT2D eigenvalue weighted by molar-refractivity contribution is -0.133. The summed E-state index contributed by atoms with van der Waals surface area (Å²) in [6.07, 6.45) is 0.539. The summed E-state index contributed by atoms with van der Waals surface area (Å²) < 4.78 is 10.7. The Balaban J connectivity index is 1.65. The molecule has 126 valence electrons. The third-order valence-corrected chi connectivity index (χ3v) is 4.12. The summed E-state index contributed by atoms with van der Waals surface area (Å²) in [6, 6.07) is 15.0. The van der Waals surface area contributed by atoms with Crippen LogP contribution in [0.2, 0.25) is 0 Å². The highest BCUT2D eigenvalue weighted by atomic mass is 16.7. The number of fused-ring (bicyclic) bond motifs is 1. The second-order valence-corrected chi connectivity index (χ2v) is 5.84. The van der Waals surface area contributed by atoms with Gasteiger partial charge in [-0.15, -0.1) is 0 Å². The molecule has 1 amide bonds. The highest BCUT2D eigenvalue weighted by molar-refractivity contribution is 5.82. The minimum Gasteiger partial charge on any atom is -0.454 e. The van der Waals surface area contributed by atoms with Gasteiger partial charge in [0.05, 0.1) is 6.04 Å². The lowest BCUT2D eigenvalue weighted by atomic mass is 10.1. The van der Waals surface area contributed by atoms with E-state index in [1.807, 2.05) is 55.5 Å². The third-order valence-electron chi connectivity index (χ3n) is 4.12. The molecule has 24 heavy (non-hydrogen) atoms. The molecule has 5 heteroatoms. The Morgan fingerprint density at radius 3 is 2.62 bits per heavy atom. The van der Waals surface area contributed by atoms with E-state index in [2.05, 4.69) is 0 Å². The van der Waals surface area contributed by atoms with E-state index >= 15 is 0 Å². The number of carbonyl (C=O) groups excluding carboxylic acids is 1. The summed E-state index contributed by atoms with van der Waals surface area (Å²) in [5.41, 5.74) is 8.20. The van der Waals surface area contributed by atoms with E-state index in [0.29, 0.717) is 19.5 Å². The van der Waals surface area contributed by atoms with E-state index in [4.69, 9.17) is 15.2 Å². The molecule has 0 saturated heterocycles. The summed E-state index contributed by atoms with van der Waals surface area (Å²) >= 11 is 0. The molecule has 0 fully saturated rings. The van der Waals surface area contributed by atoms with Crippen molar-refractivity contribution >= 4 is 5.91 Å². The SMILES string of the molecule is CCN(Cc1ccc2c(c1)OCO2)C(=O)[C@@H](N)Cc1ccccc1. The number of ether oxygens (including phenoxy) is 2. The van der Waals surface area contributed by atoms with Crippen LogP contribution in [0.5, 0.6) is 11.5 Å². The van der Waals surface area contributed by atoms with E-state index in [0.717, 1.165) is 22.6 Å². The van der Waals surface area contributed by atoms with Crippen LogP contribution in [0.15, 0.2) is 48.5 Å². The molecule has 0 aromatic heterocycles. The van der Waals surface area contributed by atoms with Crippen molar-refractivity contribution < 1.29 is 14.3 Å². The first kappa shape index (κ1) is 16.3. The molecule has 3 rings (SSSR count). The van der Waals surface area contributed by atoms with Crippen molar-refractivity contribution in [3.05, 3.63) is 59.7 Å². The average Bonchev–Trinajstić information content (AvgIpc) is 3.07. The molecule has 1 aliphatic heterocycles. The number of carbonyl (C=O) groups is 1. The van der Waals surface area contributed by atoms with Crippen molar-refractivity contribution in [2.24, 2.45) is 5.73 Å². The van der Waals surface area contributed by atoms with Crippen LogP contribution in [0.1, 0.15) is 18.1 Å². The minimum absolute atomic E-state index is 0.0426. The molecule has 2 aromatic carbocycles. The lowest BCUT2D eigenvalue weighted by Crippen LogP contribution is -2.44. The molecule has 0 unspecified atom stereocenters. The van der Waals surface area contributed by atoms with Crippen molar-refractivity contribution in [2.75, 3.05) is 13.3 Å². The third kappa shape index (κ3) is 3.68. The number of benzene rings is 2. The summed E-state index contributed by atoms with van der Waals surface area (Å²) in [5.74, 6) is 1.43. The summed E-state index contributed by atoms with van der Waals surface area (Å²) in [7, 11) is 0. The maximum absolute atomic E-state index is 12.7. The number of hydrogen-bond donors (Lipinski definition) is 1. The first-order valence-electron chi connectivity index (χ1n) is 8.14. The Labute approximate surface area is 142 Å². The van der Waals surface area contributed by atoms with Crippen LogP contribution in [0.4, 0.5) is 0 Å². The number of nitrogens with two attached hydrogens (primary N) is 1. The molecule has 1 atom stereocenters. The van der Waals surface area contributed by atoms with Gasteiger partial charge in [0.15, 0.2) is 11.5 Å². The minimum atomic E-state index is -0.540. The standard InChI is InChI=1S/C19H22N2O3/c1-2-21(12-15-8-9-17-18(11-15)24-13-23-17)19(22)16(20)10-14-6-4-3-5-7-14/h3-9,11,16H,2,10,12-13,20H2,1H3/t16-/m0/s1. The normalized spacial score (nSPS) is 13.6. The molecule has 2 N–H and O–H groups in total. The molecule has 0 radical (unpaired) electrons. The second kappa shape index (κ2) is 7.36. The summed E-state index contributed by atoms with van der Waals surface area (Å²) in [4.78, 5) is 14.4. The molecule has 0 aliphatic carbocycles. The molecule has 1 heterocycles. The highest BCUT2D eigenvalue weighted by Gasteiger charge is 2.21. The molecule has 0 saturated carbocycles. The second-order valence-electron chi connectivity index (χ2n) is 5.84. The van der Waals surface area contributed by atoms with Gasteiger partial charge in [0.2, 0.25) is 12.7 Å². The van der Waals surface area contributed by atoms with E-state index in [1.165, 1.54) is 0 Å². The molecule has 0 spiro atoms. The fourth-order valence-electron chi connectivity index (χ4n) is 2.80. The zero-order chi connectivity index (χ0) is 16.9. The van der Waals surface area contributed by atoms with Crippen molar-refractivity contribution in [3.63, 3.8) is 0 Å². The van der Waals surface area contributed by atoms with Gasteiger partial charge in [0.25, 0.3) is 0 Å². The Morgan fingerprint density at radius 2 is 1.88 bits per heavy atom. The quantitative estimate of drug-likeness (QED) is 0.885. The fourth-order valence-corrected chi connectivity index (χ4v) is 2.80. The summed E-state index contributed by atoms with van der Waals surface area (Å²) in [6.45, 7) is 3.32. The number of amides is 1. The molecule has 0 bridgehead atoms. The maximum atomic E-state index is 12.7. The number of hydrogen-bond acceptors (Lipinski definition) is 4. The topological polar surface area (TPSA) is 64.8 Å². The largest absolute Gasteiger partial charge is 0.454 e. The van der Waals surface area contributed by atoms with Gasteiger partial charge in [0.1, 0.15) is 0 Å². The Morgan fingerprint density at radius 1 is 1.12 bits per heavy atom. The van der Waals surface area contributed by atoms with E-state index in [9.17, 15) is 4.79 Å². The van der Waals surface area contributed by atoms with E-state index < -0.39 is 6.04 Å². The molecule has 1 aliphatic rings. The van der Waals surface area contributed by atoms with Crippen molar-refractivity contribution in [1.82, 2.24) is 4.90 Å². The Kier molecular flexibility index (Phi) is 5.01. The van der Waals surface area contributed by atoms with Crippen molar-refractivity contribution in [3.8, 4) is 11.5 Å². The van der Waals surface area contributed by atoms with Crippen LogP contribution in [0.25, 0.3) is 0 Å². The van der Waals surface area contributed by atoms with Crippen molar-refractivity contribution in [2.45, 2.75) is 25.9 Å². The van der Waals surface area contributed by atoms with Gasteiger partial charge in [-0.2, -0.15) is 0 Å². The van der Waals surface area contributed by atoms with Crippen LogP contribution in [0, 0.1) is 0 Å². The fraction of sp³-hybridized carbons (Fsp3) is 0.316. The van der Waals surface area contributed by atoms with Gasteiger partial charge in [-0.05, 0) is 36.6 Å². The summed E-state index contributed by atoms with van der Waals surface area (Å²) in [5, 5.41) is 0. The first-order chi connectivity index (χ1) is 11.7. The van der Waals surface area contributed by atoms with Gasteiger partial charge in [0, 0.05) is 13.1 Å². The van der Waals surface area contributed by atoms with Crippen LogP contribution in [-0.4, -0.2) is 30.2 Å². The molecular formula is C19H22N2O3. The predicted octanol–water partition coefficient (Wildman–Crippen LogP) is 2.33. The lowest BCUT2D eigenvalue weighted by Gasteiger charge is -2.24. The van der Waals surface area contributed by atoms with Gasteiger partial charge in [-0.1, -0.05) is 36.4 Å². The van der Waals surface area contributed by atoms with Crippen molar-refractivity contribution in [1.29, 1.82) is 0 Å². The maximum Gasteiger partial charge on any atom is 0.240 e. The van der Waals surface area contributed by atoms with E-state index in [1.54, 1.807) is 4.90 Å². The average molecular weight is 326 g/mol. The Bertz CT molecular complexity index is 703. The highest BCUT2D eigenvalue weighted by Crippen LogP contribution is 2.32. The van der Waals surface area contributed by atoms with Crippen LogP contribution in [0.3, 0.4) is 0 Å². The van der Waals surface area contributed by atoms with Crippen LogP contribution in [-0.2, 0) is 17.8 Å². The molecular weight excluding hydrogens is 304 g/mol.